The number of hydrogen-bond donors (Lipinski definition) is 1. The minimum absolute atomic E-state index is 0.0103. The first-order valence-electron chi connectivity index (χ1n) is 5.36. The third-order valence-corrected chi connectivity index (χ3v) is 2.85. The van der Waals surface area contributed by atoms with E-state index >= 15 is 0 Å². The van der Waals surface area contributed by atoms with Gasteiger partial charge in [0.05, 0.1) is 7.11 Å². The number of nitrogens with zero attached hydrogens (tertiary/aromatic N) is 1. The number of fused-ring (bicyclic) bond motifs is 1. The van der Waals surface area contributed by atoms with Crippen LogP contribution in [0, 0.1) is 0 Å². The number of nitrogens with two attached hydrogens (primary N) is 1. The summed E-state index contributed by atoms with van der Waals surface area (Å²) in [6.07, 6.45) is 0.734. The van der Waals surface area contributed by atoms with E-state index in [4.69, 9.17) is 5.73 Å². The first-order valence-corrected chi connectivity index (χ1v) is 5.36. The van der Waals surface area contributed by atoms with Gasteiger partial charge in [-0.3, -0.25) is 9.59 Å². The van der Waals surface area contributed by atoms with Crippen molar-refractivity contribution in [2.45, 2.75) is 6.42 Å². The van der Waals surface area contributed by atoms with Crippen LogP contribution in [0.2, 0.25) is 0 Å². The van der Waals surface area contributed by atoms with Gasteiger partial charge in [-0.25, -0.2) is 0 Å². The molecule has 2 rings (SSSR count). The van der Waals surface area contributed by atoms with E-state index in [0.29, 0.717) is 17.8 Å². The van der Waals surface area contributed by atoms with Crippen LogP contribution in [0.5, 0.6) is 0 Å². The van der Waals surface area contributed by atoms with Gasteiger partial charge in [0.1, 0.15) is 6.54 Å². The Morgan fingerprint density at radius 3 is 3.00 bits per heavy atom. The maximum absolute atomic E-state index is 12.1. The number of esters is 1. The quantitative estimate of drug-likeness (QED) is 0.595. The van der Waals surface area contributed by atoms with Crippen LogP contribution in [-0.2, 0) is 16.0 Å². The van der Waals surface area contributed by atoms with E-state index in [-0.39, 0.29) is 12.5 Å². The topological polar surface area (TPSA) is 72.6 Å². The molecule has 0 spiro atoms. The lowest BCUT2D eigenvalue weighted by molar-refractivity contribution is -0.141. The molecule has 1 aromatic rings. The normalized spacial score (nSPS) is 14.4. The number of ether oxygens (including phenoxy) is 1. The summed E-state index contributed by atoms with van der Waals surface area (Å²) in [6.45, 7) is 0.522. The molecule has 2 N–H and O–H groups in total. The lowest BCUT2D eigenvalue weighted by Gasteiger charge is -2.27. The Hall–Kier alpha value is -2.04. The summed E-state index contributed by atoms with van der Waals surface area (Å²) in [5, 5.41) is 0. The molecule has 1 heterocycles. The summed E-state index contributed by atoms with van der Waals surface area (Å²) >= 11 is 0. The Labute approximate surface area is 99.2 Å². The minimum atomic E-state index is -0.411. The second kappa shape index (κ2) is 4.45. The smallest absolute Gasteiger partial charge is 0.325 e. The van der Waals surface area contributed by atoms with Crippen molar-refractivity contribution in [3.63, 3.8) is 0 Å². The second-order valence-corrected chi connectivity index (χ2v) is 3.97. The van der Waals surface area contributed by atoms with Crippen LogP contribution in [0.1, 0.15) is 15.9 Å². The van der Waals surface area contributed by atoms with E-state index in [2.05, 4.69) is 4.74 Å². The lowest BCUT2D eigenvalue weighted by Crippen LogP contribution is -2.41. The highest BCUT2D eigenvalue weighted by atomic mass is 16.5. The van der Waals surface area contributed by atoms with Crippen LogP contribution in [0.15, 0.2) is 18.2 Å². The van der Waals surface area contributed by atoms with Crippen LogP contribution in [0.3, 0.4) is 0 Å². The van der Waals surface area contributed by atoms with Gasteiger partial charge >= 0.3 is 5.97 Å². The number of nitrogen functional groups attached to an aromatic ring is 1. The maximum atomic E-state index is 12.1. The van der Waals surface area contributed by atoms with Gasteiger partial charge < -0.3 is 15.4 Å². The summed E-state index contributed by atoms with van der Waals surface area (Å²) in [6, 6.07) is 5.29. The number of amides is 1. The molecule has 1 aliphatic heterocycles. The van der Waals surface area contributed by atoms with Gasteiger partial charge in [-0.15, -0.1) is 0 Å². The zero-order chi connectivity index (χ0) is 12.4. The molecule has 0 bridgehead atoms. The molecule has 5 nitrogen and oxygen atoms in total. The Kier molecular flexibility index (Phi) is 2.99. The zero-order valence-electron chi connectivity index (χ0n) is 9.60. The predicted octanol–water partition coefficient (Wildman–Crippen LogP) is 0.440. The summed E-state index contributed by atoms with van der Waals surface area (Å²) < 4.78 is 4.56. The minimum Gasteiger partial charge on any atom is -0.468 e. The highest BCUT2D eigenvalue weighted by Crippen LogP contribution is 2.21. The Morgan fingerprint density at radius 2 is 2.29 bits per heavy atom. The molecule has 1 aliphatic rings. The molecule has 0 aliphatic carbocycles. The third kappa shape index (κ3) is 2.22. The summed E-state index contributed by atoms with van der Waals surface area (Å²) in [7, 11) is 1.31. The van der Waals surface area contributed by atoms with Crippen molar-refractivity contribution in [3.05, 3.63) is 29.3 Å². The number of anilines is 1. The van der Waals surface area contributed by atoms with Crippen molar-refractivity contribution in [3.8, 4) is 0 Å². The molecule has 0 aromatic heterocycles. The van der Waals surface area contributed by atoms with Gasteiger partial charge in [0.2, 0.25) is 0 Å². The van der Waals surface area contributed by atoms with E-state index in [1.54, 1.807) is 12.1 Å². The maximum Gasteiger partial charge on any atom is 0.325 e. The summed E-state index contributed by atoms with van der Waals surface area (Å²) in [5.74, 6) is -0.574. The Balaban J connectivity index is 2.23. The highest BCUT2D eigenvalue weighted by Gasteiger charge is 2.26. The van der Waals surface area contributed by atoms with Gasteiger partial charge in [0.25, 0.3) is 5.91 Å². The Morgan fingerprint density at radius 1 is 1.53 bits per heavy atom. The molecule has 17 heavy (non-hydrogen) atoms. The fourth-order valence-corrected chi connectivity index (χ4v) is 1.91. The van der Waals surface area contributed by atoms with Crippen molar-refractivity contribution >= 4 is 17.6 Å². The van der Waals surface area contributed by atoms with Crippen LogP contribution in [0.25, 0.3) is 0 Å². The number of carbonyl (C=O) groups excluding carboxylic acids is 2. The van der Waals surface area contributed by atoms with E-state index < -0.39 is 5.97 Å². The number of methoxy groups -OCH3 is 1. The molecule has 0 fully saturated rings. The molecule has 0 radical (unpaired) electrons. The third-order valence-electron chi connectivity index (χ3n) is 2.85. The number of carbonyl (C=O) groups is 2. The molecular weight excluding hydrogens is 220 g/mol. The van der Waals surface area contributed by atoms with Crippen LogP contribution < -0.4 is 5.73 Å². The standard InChI is InChI=1S/C12H14N2O3/c1-17-11(15)7-14-5-4-8-2-3-9(13)6-10(8)12(14)16/h2-3,6H,4-5,7,13H2,1H3. The van der Waals surface area contributed by atoms with Crippen LogP contribution in [-0.4, -0.2) is 37.0 Å². The molecule has 1 aromatic carbocycles. The summed E-state index contributed by atoms with van der Waals surface area (Å²) in [5.41, 5.74) is 7.77. The highest BCUT2D eigenvalue weighted by molar-refractivity contribution is 5.99. The monoisotopic (exact) mass is 234 g/mol. The van der Waals surface area contributed by atoms with E-state index in [1.807, 2.05) is 6.07 Å². The molecule has 0 saturated carbocycles. The molecule has 0 atom stereocenters. The summed E-state index contributed by atoms with van der Waals surface area (Å²) in [4.78, 5) is 24.7. The predicted molar refractivity (Wildman–Crippen MR) is 62.5 cm³/mol. The van der Waals surface area contributed by atoms with Gasteiger partial charge in [-0.1, -0.05) is 6.07 Å². The SMILES string of the molecule is COC(=O)CN1CCc2ccc(N)cc2C1=O. The molecule has 5 heteroatoms. The molecule has 0 unspecified atom stereocenters. The zero-order valence-corrected chi connectivity index (χ0v) is 9.60. The van der Waals surface area contributed by atoms with E-state index in [0.717, 1.165) is 12.0 Å². The van der Waals surface area contributed by atoms with Crippen LogP contribution >= 0.6 is 0 Å². The van der Waals surface area contributed by atoms with Crippen LogP contribution in [0.4, 0.5) is 5.69 Å². The van der Waals surface area contributed by atoms with Gasteiger partial charge in [-0.2, -0.15) is 0 Å². The number of rotatable bonds is 2. The van der Waals surface area contributed by atoms with Gasteiger partial charge in [0, 0.05) is 17.8 Å². The van der Waals surface area contributed by atoms with Crippen molar-refractivity contribution in [2.75, 3.05) is 25.9 Å². The molecule has 90 valence electrons. The average Bonchev–Trinajstić information content (AvgIpc) is 2.33. The molecule has 0 saturated heterocycles. The van der Waals surface area contributed by atoms with E-state index in [9.17, 15) is 9.59 Å². The first-order chi connectivity index (χ1) is 8.11. The largest absolute Gasteiger partial charge is 0.468 e. The molecular formula is C12H14N2O3. The number of benzene rings is 1. The van der Waals surface area contributed by atoms with Crippen molar-refractivity contribution in [2.24, 2.45) is 0 Å². The first kappa shape index (κ1) is 11.4. The van der Waals surface area contributed by atoms with Gasteiger partial charge in [0.15, 0.2) is 0 Å². The fraction of sp³-hybridized carbons (Fsp3) is 0.333. The molecule has 1 amide bonds. The van der Waals surface area contributed by atoms with Crippen molar-refractivity contribution in [1.29, 1.82) is 0 Å². The van der Waals surface area contributed by atoms with Gasteiger partial charge in [-0.05, 0) is 24.1 Å². The second-order valence-electron chi connectivity index (χ2n) is 3.97. The Bertz CT molecular complexity index is 471. The van der Waals surface area contributed by atoms with Crippen molar-refractivity contribution in [1.82, 2.24) is 4.90 Å². The van der Waals surface area contributed by atoms with E-state index in [1.165, 1.54) is 12.0 Å². The number of hydrogen-bond acceptors (Lipinski definition) is 4. The lowest BCUT2D eigenvalue weighted by atomic mass is 9.98. The average molecular weight is 234 g/mol. The fourth-order valence-electron chi connectivity index (χ4n) is 1.91. The van der Waals surface area contributed by atoms with Crippen molar-refractivity contribution < 1.29 is 14.3 Å².